The molecule has 1 saturated carbocycles. The first-order valence-electron chi connectivity index (χ1n) is 8.12. The molecular weight excluding hydrogens is 260 g/mol. The predicted molar refractivity (Wildman–Crippen MR) is 86.0 cm³/mol. The molecule has 114 valence electrons. The number of carbonyl (C=O) groups is 1. The smallest absolute Gasteiger partial charge is 0.177 e. The summed E-state index contributed by atoms with van der Waals surface area (Å²) < 4.78 is 0. The van der Waals surface area contributed by atoms with Crippen LogP contribution in [-0.2, 0) is 0 Å². The van der Waals surface area contributed by atoms with Gasteiger partial charge in [-0.25, -0.2) is 0 Å². The molecule has 3 heteroatoms. The van der Waals surface area contributed by atoms with Gasteiger partial charge in [0.05, 0.1) is 6.54 Å². The second-order valence-electron chi connectivity index (χ2n) is 6.72. The van der Waals surface area contributed by atoms with Gasteiger partial charge in [0.2, 0.25) is 0 Å². The summed E-state index contributed by atoms with van der Waals surface area (Å²) in [6.07, 6.45) is 2.75. The fraction of sp³-hybridized carbons (Fsp3) is 0.611. The number of rotatable bonds is 4. The van der Waals surface area contributed by atoms with Crippen molar-refractivity contribution in [1.82, 2.24) is 9.80 Å². The van der Waals surface area contributed by atoms with Gasteiger partial charge in [0.15, 0.2) is 5.78 Å². The SMILES string of the molecule is Cc1cc(C)c(C(=O)CN2CCN(C3CC3)CC2)cc1C. The lowest BCUT2D eigenvalue weighted by molar-refractivity contribution is 0.0843. The molecule has 0 aromatic heterocycles. The van der Waals surface area contributed by atoms with Gasteiger partial charge in [0, 0.05) is 37.8 Å². The first kappa shape index (κ1) is 14.7. The Morgan fingerprint density at radius 1 is 1.00 bits per heavy atom. The molecule has 2 aliphatic rings. The van der Waals surface area contributed by atoms with Crippen LogP contribution >= 0.6 is 0 Å². The third kappa shape index (κ3) is 3.35. The van der Waals surface area contributed by atoms with Gasteiger partial charge in [-0.1, -0.05) is 6.07 Å². The lowest BCUT2D eigenvalue weighted by atomic mass is 9.98. The van der Waals surface area contributed by atoms with E-state index in [0.29, 0.717) is 6.54 Å². The molecule has 0 atom stereocenters. The summed E-state index contributed by atoms with van der Waals surface area (Å²) in [5.41, 5.74) is 4.49. The Balaban J connectivity index is 1.60. The van der Waals surface area contributed by atoms with Crippen LogP contribution in [0, 0.1) is 20.8 Å². The molecule has 1 aliphatic carbocycles. The lowest BCUT2D eigenvalue weighted by Gasteiger charge is -2.34. The molecule has 1 aromatic rings. The molecule has 2 fully saturated rings. The molecule has 0 N–H and O–H groups in total. The van der Waals surface area contributed by atoms with Crippen molar-refractivity contribution >= 4 is 5.78 Å². The van der Waals surface area contributed by atoms with E-state index >= 15 is 0 Å². The number of piperazine rings is 1. The van der Waals surface area contributed by atoms with Gasteiger partial charge in [0.25, 0.3) is 0 Å². The van der Waals surface area contributed by atoms with E-state index in [1.54, 1.807) is 0 Å². The van der Waals surface area contributed by atoms with E-state index in [1.165, 1.54) is 24.0 Å². The van der Waals surface area contributed by atoms with E-state index in [4.69, 9.17) is 0 Å². The van der Waals surface area contributed by atoms with Crippen molar-refractivity contribution in [3.8, 4) is 0 Å². The Labute approximate surface area is 127 Å². The zero-order valence-electron chi connectivity index (χ0n) is 13.5. The number of hydrogen-bond acceptors (Lipinski definition) is 3. The van der Waals surface area contributed by atoms with Gasteiger partial charge in [-0.2, -0.15) is 0 Å². The van der Waals surface area contributed by atoms with Crippen LogP contribution in [0.25, 0.3) is 0 Å². The normalized spacial score (nSPS) is 20.7. The summed E-state index contributed by atoms with van der Waals surface area (Å²) in [6, 6.07) is 5.05. The van der Waals surface area contributed by atoms with E-state index in [2.05, 4.69) is 35.8 Å². The number of nitrogens with zero attached hydrogens (tertiary/aromatic N) is 2. The van der Waals surface area contributed by atoms with E-state index < -0.39 is 0 Å². The topological polar surface area (TPSA) is 23.6 Å². The van der Waals surface area contributed by atoms with Crippen molar-refractivity contribution < 1.29 is 4.79 Å². The minimum absolute atomic E-state index is 0.274. The van der Waals surface area contributed by atoms with E-state index in [-0.39, 0.29) is 5.78 Å². The summed E-state index contributed by atoms with van der Waals surface area (Å²) in [6.45, 7) is 11.1. The van der Waals surface area contributed by atoms with Crippen LogP contribution in [0.4, 0.5) is 0 Å². The van der Waals surface area contributed by atoms with Crippen LogP contribution in [0.1, 0.15) is 39.9 Å². The lowest BCUT2D eigenvalue weighted by Crippen LogP contribution is -2.48. The van der Waals surface area contributed by atoms with Crippen LogP contribution in [0.2, 0.25) is 0 Å². The Morgan fingerprint density at radius 3 is 2.24 bits per heavy atom. The van der Waals surface area contributed by atoms with Crippen molar-refractivity contribution in [1.29, 1.82) is 0 Å². The average Bonchev–Trinajstić information content (AvgIpc) is 3.28. The maximum Gasteiger partial charge on any atom is 0.177 e. The zero-order valence-corrected chi connectivity index (χ0v) is 13.5. The molecule has 0 amide bonds. The van der Waals surface area contributed by atoms with Crippen LogP contribution in [0.15, 0.2) is 12.1 Å². The summed E-state index contributed by atoms with van der Waals surface area (Å²) in [7, 11) is 0. The maximum absolute atomic E-state index is 12.6. The largest absolute Gasteiger partial charge is 0.298 e. The molecule has 3 nitrogen and oxygen atoms in total. The fourth-order valence-corrected chi connectivity index (χ4v) is 3.28. The Morgan fingerprint density at radius 2 is 1.62 bits per heavy atom. The molecule has 3 rings (SSSR count). The highest BCUT2D eigenvalue weighted by molar-refractivity contribution is 5.99. The van der Waals surface area contributed by atoms with Crippen molar-refractivity contribution in [2.75, 3.05) is 32.7 Å². The Kier molecular flexibility index (Phi) is 4.14. The molecule has 1 aliphatic heterocycles. The third-order valence-electron chi connectivity index (χ3n) is 4.98. The van der Waals surface area contributed by atoms with Gasteiger partial charge in [-0.3, -0.25) is 14.6 Å². The quantitative estimate of drug-likeness (QED) is 0.795. The average molecular weight is 286 g/mol. The first-order chi connectivity index (χ1) is 10.0. The first-order valence-corrected chi connectivity index (χ1v) is 8.12. The highest BCUT2D eigenvalue weighted by Gasteiger charge is 2.31. The van der Waals surface area contributed by atoms with Gasteiger partial charge >= 0.3 is 0 Å². The van der Waals surface area contributed by atoms with E-state index in [9.17, 15) is 4.79 Å². The highest BCUT2D eigenvalue weighted by atomic mass is 16.1. The number of aryl methyl sites for hydroxylation is 3. The van der Waals surface area contributed by atoms with Crippen LogP contribution < -0.4 is 0 Å². The molecule has 0 bridgehead atoms. The minimum atomic E-state index is 0.274. The number of benzene rings is 1. The van der Waals surface area contributed by atoms with E-state index in [1.807, 2.05) is 6.92 Å². The molecule has 0 radical (unpaired) electrons. The molecular formula is C18H26N2O. The minimum Gasteiger partial charge on any atom is -0.298 e. The van der Waals surface area contributed by atoms with Crippen molar-refractivity contribution in [2.45, 2.75) is 39.7 Å². The molecule has 21 heavy (non-hydrogen) atoms. The van der Waals surface area contributed by atoms with Gasteiger partial charge < -0.3 is 0 Å². The van der Waals surface area contributed by atoms with Gasteiger partial charge in [-0.15, -0.1) is 0 Å². The number of Topliss-reactive ketones (excluding diaryl/α,β-unsaturated/α-hetero) is 1. The van der Waals surface area contributed by atoms with E-state index in [0.717, 1.165) is 43.3 Å². The predicted octanol–water partition coefficient (Wildman–Crippen LogP) is 2.57. The van der Waals surface area contributed by atoms with Crippen LogP contribution in [-0.4, -0.2) is 54.3 Å². The summed E-state index contributed by atoms with van der Waals surface area (Å²) >= 11 is 0. The molecule has 1 aromatic carbocycles. The summed E-state index contributed by atoms with van der Waals surface area (Å²) in [5, 5.41) is 0. The maximum atomic E-state index is 12.6. The molecule has 1 saturated heterocycles. The van der Waals surface area contributed by atoms with Crippen LogP contribution in [0.5, 0.6) is 0 Å². The monoisotopic (exact) mass is 286 g/mol. The number of hydrogen-bond donors (Lipinski definition) is 0. The standard InChI is InChI=1S/C18H26N2O/c1-13-10-15(3)17(11-14(13)2)18(21)12-19-6-8-20(9-7-19)16-4-5-16/h10-11,16H,4-9,12H2,1-3H3. The van der Waals surface area contributed by atoms with Crippen LogP contribution in [0.3, 0.4) is 0 Å². The number of carbonyl (C=O) groups excluding carboxylic acids is 1. The summed E-state index contributed by atoms with van der Waals surface area (Å²) in [4.78, 5) is 17.5. The zero-order chi connectivity index (χ0) is 15.0. The molecule has 0 spiro atoms. The third-order valence-corrected chi connectivity index (χ3v) is 4.98. The van der Waals surface area contributed by atoms with Gasteiger partial charge in [-0.05, 0) is 56.4 Å². The van der Waals surface area contributed by atoms with Crippen molar-refractivity contribution in [3.63, 3.8) is 0 Å². The second-order valence-corrected chi connectivity index (χ2v) is 6.72. The van der Waals surface area contributed by atoms with Gasteiger partial charge in [0.1, 0.15) is 0 Å². The Bertz CT molecular complexity index is 540. The molecule has 0 unspecified atom stereocenters. The van der Waals surface area contributed by atoms with Crippen molar-refractivity contribution in [3.05, 3.63) is 34.4 Å². The number of ketones is 1. The second kappa shape index (κ2) is 5.90. The summed E-state index contributed by atoms with van der Waals surface area (Å²) in [5.74, 6) is 0.274. The Hall–Kier alpha value is -1.19. The molecule has 1 heterocycles. The fourth-order valence-electron chi connectivity index (χ4n) is 3.28. The van der Waals surface area contributed by atoms with Crippen molar-refractivity contribution in [2.24, 2.45) is 0 Å². The highest BCUT2D eigenvalue weighted by Crippen LogP contribution is 2.27.